The van der Waals surface area contributed by atoms with Crippen LogP contribution in [0.25, 0.3) is 0 Å². The molecule has 28 heavy (non-hydrogen) atoms. The Balaban J connectivity index is 1.62. The third-order valence-corrected chi connectivity index (χ3v) is 5.57. The van der Waals surface area contributed by atoms with Gasteiger partial charge in [-0.2, -0.15) is 0 Å². The normalized spacial score (nSPS) is 24.9. The molecule has 1 unspecified atom stereocenters. The Bertz CT molecular complexity index is 879. The summed E-state index contributed by atoms with van der Waals surface area (Å²) in [7, 11) is 0. The second kappa shape index (κ2) is 6.70. The first-order valence-corrected chi connectivity index (χ1v) is 9.58. The molecule has 2 fully saturated rings. The Hall–Kier alpha value is -2.74. The van der Waals surface area contributed by atoms with Crippen LogP contribution in [0.3, 0.4) is 0 Å². The van der Waals surface area contributed by atoms with Crippen LogP contribution in [0.2, 0.25) is 0 Å². The van der Waals surface area contributed by atoms with Crippen LogP contribution in [0.4, 0.5) is 5.69 Å². The zero-order valence-corrected chi connectivity index (χ0v) is 16.1. The molecule has 8 nitrogen and oxygen atoms in total. The minimum absolute atomic E-state index is 0.0775. The molecule has 1 aromatic carbocycles. The largest absolute Gasteiger partial charge is 0.370 e. The summed E-state index contributed by atoms with van der Waals surface area (Å²) in [5, 5.41) is 5.64. The molecular formula is C20H24N4O4. The average molecular weight is 384 g/mol. The third kappa shape index (κ3) is 3.17. The molecule has 2 saturated heterocycles. The first-order chi connectivity index (χ1) is 13.3. The maximum absolute atomic E-state index is 13.0. The van der Waals surface area contributed by atoms with E-state index in [-0.39, 0.29) is 24.2 Å². The second-order valence-electron chi connectivity index (χ2n) is 8.44. The van der Waals surface area contributed by atoms with Crippen molar-refractivity contribution >= 4 is 29.3 Å². The SMILES string of the molecule is CC1(C)CNCCN(c2ccc3c(c2)C(=O)N(C2CCC(=O)NC2=O)C3=O)C1. The molecule has 1 atom stereocenters. The number of benzene rings is 1. The van der Waals surface area contributed by atoms with Gasteiger partial charge in [-0.3, -0.25) is 29.4 Å². The Kier molecular flexibility index (Phi) is 4.45. The standard InChI is InChI=1S/C20H24N4O4/c1-20(2)10-21-7-8-23(11-20)12-3-4-13-14(9-12)19(28)24(18(13)27)15-5-6-16(25)22-17(15)26/h3-4,9,15,21H,5-8,10-11H2,1-2H3,(H,22,25,26). The van der Waals surface area contributed by atoms with Gasteiger partial charge in [0.15, 0.2) is 0 Å². The van der Waals surface area contributed by atoms with Crippen LogP contribution in [0.15, 0.2) is 18.2 Å². The third-order valence-electron chi connectivity index (χ3n) is 5.57. The lowest BCUT2D eigenvalue weighted by Gasteiger charge is -2.30. The summed E-state index contributed by atoms with van der Waals surface area (Å²) in [5.41, 5.74) is 1.60. The van der Waals surface area contributed by atoms with Crippen molar-refractivity contribution in [2.24, 2.45) is 5.41 Å². The van der Waals surface area contributed by atoms with Crippen molar-refractivity contribution in [2.45, 2.75) is 32.7 Å². The predicted octanol–water partition coefficient (Wildman–Crippen LogP) is 0.524. The molecule has 8 heteroatoms. The quantitative estimate of drug-likeness (QED) is 0.722. The highest BCUT2D eigenvalue weighted by atomic mass is 16.2. The first kappa shape index (κ1) is 18.6. The zero-order chi connectivity index (χ0) is 20.1. The van der Waals surface area contributed by atoms with Gasteiger partial charge in [-0.15, -0.1) is 0 Å². The van der Waals surface area contributed by atoms with E-state index >= 15 is 0 Å². The fourth-order valence-corrected chi connectivity index (χ4v) is 4.17. The number of hydrogen-bond donors (Lipinski definition) is 2. The van der Waals surface area contributed by atoms with E-state index in [0.717, 1.165) is 36.8 Å². The number of nitrogens with one attached hydrogen (secondary N) is 2. The Labute approximate surface area is 163 Å². The van der Waals surface area contributed by atoms with Gasteiger partial charge >= 0.3 is 0 Å². The van der Waals surface area contributed by atoms with Gasteiger partial charge in [-0.1, -0.05) is 13.8 Å². The minimum Gasteiger partial charge on any atom is -0.370 e. The molecule has 0 aromatic heterocycles. The molecule has 148 valence electrons. The van der Waals surface area contributed by atoms with E-state index in [4.69, 9.17) is 0 Å². The molecule has 0 radical (unpaired) electrons. The van der Waals surface area contributed by atoms with E-state index in [1.165, 1.54) is 0 Å². The molecule has 4 amide bonds. The van der Waals surface area contributed by atoms with Crippen LogP contribution >= 0.6 is 0 Å². The monoisotopic (exact) mass is 384 g/mol. The lowest BCUT2D eigenvalue weighted by molar-refractivity contribution is -0.136. The number of nitrogens with zero attached hydrogens (tertiary/aromatic N) is 2. The van der Waals surface area contributed by atoms with Gasteiger partial charge in [-0.05, 0) is 30.0 Å². The number of fused-ring (bicyclic) bond motifs is 1. The van der Waals surface area contributed by atoms with E-state index < -0.39 is 23.8 Å². The molecule has 1 aromatic rings. The van der Waals surface area contributed by atoms with Crippen molar-refractivity contribution < 1.29 is 19.2 Å². The number of anilines is 1. The highest BCUT2D eigenvalue weighted by Crippen LogP contribution is 2.32. The van der Waals surface area contributed by atoms with Gasteiger partial charge in [-0.25, -0.2) is 0 Å². The summed E-state index contributed by atoms with van der Waals surface area (Å²) in [5.74, 6) is -1.91. The summed E-state index contributed by atoms with van der Waals surface area (Å²) in [4.78, 5) is 52.5. The minimum atomic E-state index is -0.935. The number of carbonyl (C=O) groups excluding carboxylic acids is 4. The Morgan fingerprint density at radius 1 is 1.07 bits per heavy atom. The lowest BCUT2D eigenvalue weighted by Crippen LogP contribution is -2.54. The number of amides is 4. The summed E-state index contributed by atoms with van der Waals surface area (Å²) in [6.07, 6.45) is 0.278. The molecule has 4 rings (SSSR count). The fraction of sp³-hybridized carbons (Fsp3) is 0.500. The van der Waals surface area contributed by atoms with Crippen LogP contribution in [0.1, 0.15) is 47.4 Å². The highest BCUT2D eigenvalue weighted by molar-refractivity contribution is 6.23. The molecule has 3 aliphatic rings. The molecule has 0 saturated carbocycles. The van der Waals surface area contributed by atoms with Crippen molar-refractivity contribution in [3.8, 4) is 0 Å². The maximum Gasteiger partial charge on any atom is 0.262 e. The fourth-order valence-electron chi connectivity index (χ4n) is 4.17. The van der Waals surface area contributed by atoms with Gasteiger partial charge in [0, 0.05) is 38.3 Å². The molecule has 0 aliphatic carbocycles. The second-order valence-corrected chi connectivity index (χ2v) is 8.44. The number of imide groups is 2. The number of hydrogen-bond acceptors (Lipinski definition) is 6. The summed E-state index contributed by atoms with van der Waals surface area (Å²) >= 11 is 0. The van der Waals surface area contributed by atoms with Gasteiger partial charge in [0.2, 0.25) is 11.8 Å². The molecule has 0 bridgehead atoms. The van der Waals surface area contributed by atoms with Crippen LogP contribution in [0, 0.1) is 5.41 Å². The number of rotatable bonds is 2. The van der Waals surface area contributed by atoms with Gasteiger partial charge in [0.25, 0.3) is 11.8 Å². The van der Waals surface area contributed by atoms with Gasteiger partial charge < -0.3 is 10.2 Å². The first-order valence-electron chi connectivity index (χ1n) is 9.58. The molecular weight excluding hydrogens is 360 g/mol. The lowest BCUT2D eigenvalue weighted by atomic mass is 9.93. The molecule has 3 heterocycles. The van der Waals surface area contributed by atoms with Crippen molar-refractivity contribution in [2.75, 3.05) is 31.1 Å². The topological polar surface area (TPSA) is 98.8 Å². The summed E-state index contributed by atoms with van der Waals surface area (Å²) in [6, 6.07) is 4.35. The Morgan fingerprint density at radius 3 is 2.57 bits per heavy atom. The highest BCUT2D eigenvalue weighted by Gasteiger charge is 2.44. The van der Waals surface area contributed by atoms with E-state index in [9.17, 15) is 19.2 Å². The van der Waals surface area contributed by atoms with E-state index in [0.29, 0.717) is 11.1 Å². The van der Waals surface area contributed by atoms with Crippen LogP contribution < -0.4 is 15.5 Å². The van der Waals surface area contributed by atoms with E-state index in [1.54, 1.807) is 12.1 Å². The van der Waals surface area contributed by atoms with Crippen LogP contribution in [-0.2, 0) is 9.59 Å². The summed E-state index contributed by atoms with van der Waals surface area (Å²) in [6.45, 7) is 7.76. The number of piperidine rings is 1. The Morgan fingerprint density at radius 2 is 1.82 bits per heavy atom. The van der Waals surface area contributed by atoms with Gasteiger partial charge in [0.1, 0.15) is 6.04 Å². The van der Waals surface area contributed by atoms with Gasteiger partial charge in [0.05, 0.1) is 11.1 Å². The summed E-state index contributed by atoms with van der Waals surface area (Å²) < 4.78 is 0. The molecule has 0 spiro atoms. The molecule has 3 aliphatic heterocycles. The van der Waals surface area contributed by atoms with Crippen LogP contribution in [-0.4, -0.2) is 60.7 Å². The van der Waals surface area contributed by atoms with E-state index in [2.05, 4.69) is 29.4 Å². The zero-order valence-electron chi connectivity index (χ0n) is 16.1. The van der Waals surface area contributed by atoms with Crippen molar-refractivity contribution in [1.82, 2.24) is 15.5 Å². The predicted molar refractivity (Wildman–Crippen MR) is 102 cm³/mol. The van der Waals surface area contributed by atoms with Crippen molar-refractivity contribution in [3.63, 3.8) is 0 Å². The average Bonchev–Trinajstić information content (AvgIpc) is 2.77. The van der Waals surface area contributed by atoms with Crippen molar-refractivity contribution in [1.29, 1.82) is 0 Å². The van der Waals surface area contributed by atoms with Crippen molar-refractivity contribution in [3.05, 3.63) is 29.3 Å². The van der Waals surface area contributed by atoms with E-state index in [1.807, 2.05) is 6.07 Å². The number of carbonyl (C=O) groups is 4. The smallest absolute Gasteiger partial charge is 0.262 e. The van der Waals surface area contributed by atoms with Crippen LogP contribution in [0.5, 0.6) is 0 Å². The maximum atomic E-state index is 13.0. The molecule has 2 N–H and O–H groups in total.